The van der Waals surface area contributed by atoms with Crippen molar-refractivity contribution in [2.75, 3.05) is 7.11 Å². The second kappa shape index (κ2) is 4.52. The lowest BCUT2D eigenvalue weighted by atomic mass is 9.83. The van der Waals surface area contributed by atoms with Gasteiger partial charge in [0.05, 0.1) is 0 Å². The molecular formula is C12H23NO2. The maximum atomic E-state index is 11.9. The molecule has 1 N–H and O–H groups in total. The fraction of sp³-hybridized carbons (Fsp3) is 0.917. The number of nitrogens with one attached hydrogen (secondary N) is 1. The van der Waals surface area contributed by atoms with Crippen molar-refractivity contribution in [3.63, 3.8) is 0 Å². The van der Waals surface area contributed by atoms with Crippen molar-refractivity contribution in [3.8, 4) is 0 Å². The predicted octanol–water partition coefficient (Wildman–Crippen LogP) is 2.25. The van der Waals surface area contributed by atoms with Gasteiger partial charge in [0.1, 0.15) is 5.60 Å². The van der Waals surface area contributed by atoms with Gasteiger partial charge in [-0.25, -0.2) is 0 Å². The molecule has 0 bridgehead atoms. The first kappa shape index (κ1) is 12.5. The van der Waals surface area contributed by atoms with Crippen LogP contribution in [0.2, 0.25) is 0 Å². The minimum atomic E-state index is -0.722. The molecule has 1 amide bonds. The molecule has 88 valence electrons. The minimum Gasteiger partial charge on any atom is -0.369 e. The molecule has 15 heavy (non-hydrogen) atoms. The number of hydrogen-bond acceptors (Lipinski definition) is 2. The SMILES string of the molecule is COC(C)(C)C(=O)NC1(C)CCCCC1. The van der Waals surface area contributed by atoms with Gasteiger partial charge < -0.3 is 10.1 Å². The van der Waals surface area contributed by atoms with Gasteiger partial charge in [-0.3, -0.25) is 4.79 Å². The third-order valence-electron chi connectivity index (χ3n) is 3.43. The Labute approximate surface area is 92.6 Å². The van der Waals surface area contributed by atoms with Crippen LogP contribution in [0.3, 0.4) is 0 Å². The van der Waals surface area contributed by atoms with Gasteiger partial charge in [-0.1, -0.05) is 19.3 Å². The standard InChI is InChI=1S/C12H23NO2/c1-11(2,15-4)10(14)13-12(3)8-6-5-7-9-12/h5-9H2,1-4H3,(H,13,14). The van der Waals surface area contributed by atoms with Crippen molar-refractivity contribution < 1.29 is 9.53 Å². The third-order valence-corrected chi connectivity index (χ3v) is 3.43. The molecule has 0 aromatic heterocycles. The highest BCUT2D eigenvalue weighted by Crippen LogP contribution is 2.28. The summed E-state index contributed by atoms with van der Waals surface area (Å²) in [5, 5.41) is 3.12. The van der Waals surface area contributed by atoms with Gasteiger partial charge >= 0.3 is 0 Å². The number of hydrogen-bond donors (Lipinski definition) is 1. The molecule has 1 rings (SSSR count). The van der Waals surface area contributed by atoms with E-state index in [0.717, 1.165) is 12.8 Å². The smallest absolute Gasteiger partial charge is 0.252 e. The van der Waals surface area contributed by atoms with Crippen molar-refractivity contribution in [2.24, 2.45) is 0 Å². The van der Waals surface area contributed by atoms with Gasteiger partial charge in [-0.15, -0.1) is 0 Å². The lowest BCUT2D eigenvalue weighted by Crippen LogP contribution is -2.54. The molecule has 0 atom stereocenters. The van der Waals surface area contributed by atoms with E-state index in [1.807, 2.05) is 0 Å². The number of carbonyl (C=O) groups excluding carboxylic acids is 1. The number of ether oxygens (including phenoxy) is 1. The van der Waals surface area contributed by atoms with E-state index in [0.29, 0.717) is 0 Å². The Bertz CT molecular complexity index is 230. The Balaban J connectivity index is 2.56. The maximum Gasteiger partial charge on any atom is 0.252 e. The Morgan fingerprint density at radius 2 is 1.80 bits per heavy atom. The molecule has 1 saturated carbocycles. The number of rotatable bonds is 3. The third kappa shape index (κ3) is 3.20. The van der Waals surface area contributed by atoms with Crippen LogP contribution in [0, 0.1) is 0 Å². The summed E-state index contributed by atoms with van der Waals surface area (Å²) in [5.74, 6) is -0.00519. The van der Waals surface area contributed by atoms with Crippen LogP contribution < -0.4 is 5.32 Å². The molecule has 0 heterocycles. The van der Waals surface area contributed by atoms with Gasteiger partial charge in [0, 0.05) is 12.6 Å². The second-order valence-corrected chi connectivity index (χ2v) is 5.29. The van der Waals surface area contributed by atoms with Crippen molar-refractivity contribution in [3.05, 3.63) is 0 Å². The fourth-order valence-corrected chi connectivity index (χ4v) is 1.97. The largest absolute Gasteiger partial charge is 0.369 e. The molecule has 0 spiro atoms. The fourth-order valence-electron chi connectivity index (χ4n) is 1.97. The molecule has 0 saturated heterocycles. The van der Waals surface area contributed by atoms with E-state index < -0.39 is 5.60 Å². The minimum absolute atomic E-state index is 0.00519. The van der Waals surface area contributed by atoms with Crippen LogP contribution in [0.25, 0.3) is 0 Å². The summed E-state index contributed by atoms with van der Waals surface area (Å²) in [5.41, 5.74) is -0.744. The normalized spacial score (nSPS) is 21.1. The van der Waals surface area contributed by atoms with E-state index in [-0.39, 0.29) is 11.4 Å². The second-order valence-electron chi connectivity index (χ2n) is 5.29. The lowest BCUT2D eigenvalue weighted by molar-refractivity contribution is -0.141. The molecule has 0 unspecified atom stereocenters. The van der Waals surface area contributed by atoms with E-state index in [1.54, 1.807) is 21.0 Å². The monoisotopic (exact) mass is 213 g/mol. The molecule has 1 fully saturated rings. The average Bonchev–Trinajstić information content (AvgIpc) is 2.18. The van der Waals surface area contributed by atoms with Gasteiger partial charge in [-0.05, 0) is 33.6 Å². The zero-order valence-corrected chi connectivity index (χ0v) is 10.4. The van der Waals surface area contributed by atoms with Gasteiger partial charge in [0.15, 0.2) is 0 Å². The molecule has 3 heteroatoms. The first-order valence-corrected chi connectivity index (χ1v) is 5.77. The Kier molecular flexibility index (Phi) is 3.77. The highest BCUT2D eigenvalue weighted by Gasteiger charge is 2.34. The van der Waals surface area contributed by atoms with Gasteiger partial charge in [-0.2, -0.15) is 0 Å². The number of carbonyl (C=O) groups is 1. The molecule has 0 aromatic rings. The Hall–Kier alpha value is -0.570. The number of methoxy groups -OCH3 is 1. The van der Waals surface area contributed by atoms with Crippen LogP contribution in [0.4, 0.5) is 0 Å². The van der Waals surface area contributed by atoms with E-state index >= 15 is 0 Å². The quantitative estimate of drug-likeness (QED) is 0.781. The topological polar surface area (TPSA) is 38.3 Å². The molecule has 0 radical (unpaired) electrons. The predicted molar refractivity (Wildman–Crippen MR) is 60.7 cm³/mol. The average molecular weight is 213 g/mol. The summed E-state index contributed by atoms with van der Waals surface area (Å²) in [6.45, 7) is 5.73. The Morgan fingerprint density at radius 3 is 2.27 bits per heavy atom. The van der Waals surface area contributed by atoms with Crippen LogP contribution in [-0.4, -0.2) is 24.2 Å². The molecule has 1 aliphatic carbocycles. The number of amides is 1. The highest BCUT2D eigenvalue weighted by atomic mass is 16.5. The summed E-state index contributed by atoms with van der Waals surface area (Å²) in [4.78, 5) is 11.9. The van der Waals surface area contributed by atoms with Crippen molar-refractivity contribution in [1.29, 1.82) is 0 Å². The Morgan fingerprint density at radius 1 is 1.27 bits per heavy atom. The summed E-state index contributed by atoms with van der Waals surface area (Å²) in [7, 11) is 1.57. The van der Waals surface area contributed by atoms with E-state index in [4.69, 9.17) is 4.74 Å². The van der Waals surface area contributed by atoms with Crippen molar-refractivity contribution >= 4 is 5.91 Å². The maximum absolute atomic E-state index is 11.9. The van der Waals surface area contributed by atoms with Crippen molar-refractivity contribution in [2.45, 2.75) is 64.0 Å². The van der Waals surface area contributed by atoms with Crippen LogP contribution >= 0.6 is 0 Å². The van der Waals surface area contributed by atoms with E-state index in [2.05, 4.69) is 12.2 Å². The van der Waals surface area contributed by atoms with Crippen LogP contribution in [0.5, 0.6) is 0 Å². The zero-order valence-electron chi connectivity index (χ0n) is 10.4. The molecule has 0 aromatic carbocycles. The first-order valence-electron chi connectivity index (χ1n) is 5.77. The summed E-state index contributed by atoms with van der Waals surface area (Å²) in [6.07, 6.45) is 5.88. The lowest BCUT2D eigenvalue weighted by Gasteiger charge is -2.37. The van der Waals surface area contributed by atoms with E-state index in [1.165, 1.54) is 19.3 Å². The van der Waals surface area contributed by atoms with Crippen LogP contribution in [0.1, 0.15) is 52.9 Å². The van der Waals surface area contributed by atoms with E-state index in [9.17, 15) is 4.79 Å². The van der Waals surface area contributed by atoms with Gasteiger partial charge in [0.2, 0.25) is 0 Å². The summed E-state index contributed by atoms with van der Waals surface area (Å²) < 4.78 is 5.17. The van der Waals surface area contributed by atoms with Crippen molar-refractivity contribution in [1.82, 2.24) is 5.32 Å². The van der Waals surface area contributed by atoms with Crippen LogP contribution in [0.15, 0.2) is 0 Å². The summed E-state index contributed by atoms with van der Waals surface area (Å²) >= 11 is 0. The molecule has 3 nitrogen and oxygen atoms in total. The molecular weight excluding hydrogens is 190 g/mol. The van der Waals surface area contributed by atoms with Crippen LogP contribution in [-0.2, 0) is 9.53 Å². The van der Waals surface area contributed by atoms with Gasteiger partial charge in [0.25, 0.3) is 5.91 Å². The zero-order chi connectivity index (χ0) is 11.5. The first-order chi connectivity index (χ1) is 6.90. The summed E-state index contributed by atoms with van der Waals surface area (Å²) in [6, 6.07) is 0. The molecule has 1 aliphatic rings. The molecule has 0 aliphatic heterocycles. The highest BCUT2D eigenvalue weighted by molar-refractivity contribution is 5.84.